The Hall–Kier alpha value is -3.85. The van der Waals surface area contributed by atoms with Crippen LogP contribution in [0.2, 0.25) is 0 Å². The molecule has 6 heteroatoms. The lowest BCUT2D eigenvalue weighted by Crippen LogP contribution is -2.24. The number of hydrogen-bond acceptors (Lipinski definition) is 5. The Morgan fingerprint density at radius 3 is 2.39 bits per heavy atom. The van der Waals surface area contributed by atoms with Gasteiger partial charge in [-0.15, -0.1) is 6.58 Å². The van der Waals surface area contributed by atoms with Crippen LogP contribution < -0.4 is 10.1 Å². The molecule has 0 saturated carbocycles. The number of carbonyl (C=O) groups excluding carboxylic acids is 2. The molecule has 1 N–H and O–H groups in total. The number of benzene rings is 2. The summed E-state index contributed by atoms with van der Waals surface area (Å²) in [7, 11) is 1.34. The van der Waals surface area contributed by atoms with Crippen molar-refractivity contribution in [2.45, 2.75) is 6.61 Å². The summed E-state index contributed by atoms with van der Waals surface area (Å²) >= 11 is 0. The summed E-state index contributed by atoms with van der Waals surface area (Å²) in [5, 5.41) is 11.7. The quantitative estimate of drug-likeness (QED) is 0.331. The number of esters is 1. The molecule has 0 aliphatic heterocycles. The zero-order chi connectivity index (χ0) is 20.4. The molecular weight excluding hydrogens is 356 g/mol. The smallest absolute Gasteiger partial charge is 0.337 e. The molecule has 6 nitrogen and oxygen atoms in total. The molecule has 28 heavy (non-hydrogen) atoms. The maximum Gasteiger partial charge on any atom is 0.337 e. The van der Waals surface area contributed by atoms with E-state index in [2.05, 4.69) is 16.6 Å². The molecule has 1 amide bonds. The van der Waals surface area contributed by atoms with Crippen molar-refractivity contribution in [2.75, 3.05) is 13.7 Å². The number of methoxy groups -OCH3 is 1. The van der Waals surface area contributed by atoms with Gasteiger partial charge in [0.1, 0.15) is 24.0 Å². The SMILES string of the molecule is C=CCNC(=O)/C(C#N)=C/c1ccc(OCc2ccc(C(=O)OC)cc2)cc1. The monoisotopic (exact) mass is 376 g/mol. The molecule has 142 valence electrons. The lowest BCUT2D eigenvalue weighted by Gasteiger charge is -2.07. The molecule has 2 rings (SSSR count). The van der Waals surface area contributed by atoms with Gasteiger partial charge in [0.15, 0.2) is 0 Å². The standard InChI is InChI=1S/C22H20N2O4/c1-3-12-24-21(25)19(14-23)13-16-6-10-20(11-7-16)28-15-17-4-8-18(9-5-17)22(26)27-2/h3-11,13H,1,12,15H2,2H3,(H,24,25)/b19-13+. The van der Waals surface area contributed by atoms with Gasteiger partial charge in [-0.3, -0.25) is 4.79 Å². The van der Waals surface area contributed by atoms with Crippen molar-refractivity contribution >= 4 is 18.0 Å². The Morgan fingerprint density at radius 1 is 1.14 bits per heavy atom. The van der Waals surface area contributed by atoms with Crippen molar-refractivity contribution in [3.63, 3.8) is 0 Å². The van der Waals surface area contributed by atoms with E-state index in [1.807, 2.05) is 6.07 Å². The predicted molar refractivity (Wildman–Crippen MR) is 105 cm³/mol. The first-order chi connectivity index (χ1) is 13.6. The number of nitrogens with zero attached hydrogens (tertiary/aromatic N) is 1. The summed E-state index contributed by atoms with van der Waals surface area (Å²) in [4.78, 5) is 23.3. The Bertz CT molecular complexity index is 907. The highest BCUT2D eigenvalue weighted by molar-refractivity contribution is 6.01. The van der Waals surface area contributed by atoms with Gasteiger partial charge in [-0.2, -0.15) is 5.26 Å². The molecule has 0 bridgehead atoms. The number of hydrogen-bond donors (Lipinski definition) is 1. The second-order valence-corrected chi connectivity index (χ2v) is 5.71. The highest BCUT2D eigenvalue weighted by Crippen LogP contribution is 2.16. The van der Waals surface area contributed by atoms with Crippen LogP contribution in [0.1, 0.15) is 21.5 Å². The van der Waals surface area contributed by atoms with Crippen LogP contribution in [0.25, 0.3) is 6.08 Å². The number of ether oxygens (including phenoxy) is 2. The average Bonchev–Trinajstić information content (AvgIpc) is 2.74. The fourth-order valence-corrected chi connectivity index (χ4v) is 2.26. The van der Waals surface area contributed by atoms with Gasteiger partial charge < -0.3 is 14.8 Å². The second kappa shape index (κ2) is 10.3. The minimum atomic E-state index is -0.446. The third kappa shape index (κ3) is 5.85. The molecule has 0 fully saturated rings. The van der Waals surface area contributed by atoms with E-state index in [0.717, 1.165) is 5.56 Å². The lowest BCUT2D eigenvalue weighted by atomic mass is 10.1. The van der Waals surface area contributed by atoms with Crippen molar-refractivity contribution in [1.82, 2.24) is 5.32 Å². The zero-order valence-corrected chi connectivity index (χ0v) is 15.5. The van der Waals surface area contributed by atoms with Gasteiger partial charge in [0, 0.05) is 6.54 Å². The fourth-order valence-electron chi connectivity index (χ4n) is 2.26. The number of nitriles is 1. The number of amides is 1. The van der Waals surface area contributed by atoms with Gasteiger partial charge in [-0.25, -0.2) is 4.79 Å². The summed E-state index contributed by atoms with van der Waals surface area (Å²) in [6.45, 7) is 4.15. The highest BCUT2D eigenvalue weighted by Gasteiger charge is 2.08. The van der Waals surface area contributed by atoms with Crippen LogP contribution >= 0.6 is 0 Å². The van der Waals surface area contributed by atoms with Crippen molar-refractivity contribution in [3.8, 4) is 11.8 Å². The Labute approximate surface area is 163 Å². The first-order valence-electron chi connectivity index (χ1n) is 8.48. The zero-order valence-electron chi connectivity index (χ0n) is 15.5. The van der Waals surface area contributed by atoms with Crippen molar-refractivity contribution in [1.29, 1.82) is 5.26 Å². The van der Waals surface area contributed by atoms with Crippen LogP contribution in [0.4, 0.5) is 0 Å². The first-order valence-corrected chi connectivity index (χ1v) is 8.48. The van der Waals surface area contributed by atoms with Crippen molar-refractivity contribution in [3.05, 3.63) is 83.4 Å². The van der Waals surface area contributed by atoms with Crippen molar-refractivity contribution < 1.29 is 19.1 Å². The van der Waals surface area contributed by atoms with E-state index in [4.69, 9.17) is 10.00 Å². The van der Waals surface area contributed by atoms with Crippen molar-refractivity contribution in [2.24, 2.45) is 0 Å². The highest BCUT2D eigenvalue weighted by atomic mass is 16.5. The topological polar surface area (TPSA) is 88.4 Å². The van der Waals surface area contributed by atoms with Gasteiger partial charge >= 0.3 is 5.97 Å². The van der Waals surface area contributed by atoms with E-state index in [9.17, 15) is 9.59 Å². The summed E-state index contributed by atoms with van der Waals surface area (Å²) < 4.78 is 10.4. The Kier molecular flexibility index (Phi) is 7.55. The largest absolute Gasteiger partial charge is 0.489 e. The molecule has 0 spiro atoms. The second-order valence-electron chi connectivity index (χ2n) is 5.71. The van der Waals surface area contributed by atoms with Crippen LogP contribution in [-0.2, 0) is 16.1 Å². The van der Waals surface area contributed by atoms with Gasteiger partial charge in [0.25, 0.3) is 5.91 Å². The molecular formula is C22H20N2O4. The van der Waals surface area contributed by atoms with E-state index in [0.29, 0.717) is 30.0 Å². The van der Waals surface area contributed by atoms with E-state index in [1.165, 1.54) is 13.2 Å². The molecule has 0 radical (unpaired) electrons. The van der Waals surface area contributed by atoms with Crippen LogP contribution in [-0.4, -0.2) is 25.5 Å². The average molecular weight is 376 g/mol. The van der Waals surface area contributed by atoms with E-state index >= 15 is 0 Å². The third-order valence-corrected chi connectivity index (χ3v) is 3.74. The summed E-state index contributed by atoms with van der Waals surface area (Å²) in [5.74, 6) is -0.187. The summed E-state index contributed by atoms with van der Waals surface area (Å²) in [6.07, 6.45) is 3.05. The van der Waals surface area contributed by atoms with Crippen LogP contribution in [0.3, 0.4) is 0 Å². The molecule has 2 aromatic carbocycles. The van der Waals surface area contributed by atoms with E-state index in [1.54, 1.807) is 54.6 Å². The minimum absolute atomic E-state index is 0.0150. The molecule has 0 aliphatic carbocycles. The third-order valence-electron chi connectivity index (χ3n) is 3.74. The molecule has 0 saturated heterocycles. The molecule has 0 aromatic heterocycles. The van der Waals surface area contributed by atoms with Gasteiger partial charge in [0.05, 0.1) is 12.7 Å². The Balaban J connectivity index is 1.97. The van der Waals surface area contributed by atoms with Gasteiger partial charge in [0.2, 0.25) is 0 Å². The lowest BCUT2D eigenvalue weighted by molar-refractivity contribution is -0.116. The van der Waals surface area contributed by atoms with Gasteiger partial charge in [-0.1, -0.05) is 30.3 Å². The summed E-state index contributed by atoms with van der Waals surface area (Å²) in [6, 6.07) is 15.9. The number of carbonyl (C=O) groups is 2. The molecule has 0 heterocycles. The van der Waals surface area contributed by atoms with E-state index < -0.39 is 5.91 Å². The van der Waals surface area contributed by atoms with Crippen LogP contribution in [0.15, 0.2) is 66.8 Å². The first kappa shape index (κ1) is 20.5. The summed E-state index contributed by atoms with van der Waals surface area (Å²) in [5.41, 5.74) is 2.11. The predicted octanol–water partition coefficient (Wildman–Crippen LogP) is 3.26. The van der Waals surface area contributed by atoms with Gasteiger partial charge in [-0.05, 0) is 41.5 Å². The van der Waals surface area contributed by atoms with E-state index in [-0.39, 0.29) is 11.5 Å². The fraction of sp³-hybridized carbons (Fsp3) is 0.136. The maximum absolute atomic E-state index is 11.8. The maximum atomic E-state index is 11.8. The normalized spacial score (nSPS) is 10.5. The molecule has 0 aliphatic rings. The molecule has 0 atom stereocenters. The van der Waals surface area contributed by atoms with Crippen LogP contribution in [0.5, 0.6) is 5.75 Å². The molecule has 0 unspecified atom stereocenters. The number of nitrogens with one attached hydrogen (secondary N) is 1. The minimum Gasteiger partial charge on any atom is -0.489 e. The Morgan fingerprint density at radius 2 is 1.82 bits per heavy atom. The van der Waals surface area contributed by atoms with Crippen LogP contribution in [0, 0.1) is 11.3 Å². The number of rotatable bonds is 8. The molecule has 2 aromatic rings.